The average molecular weight is 542 g/mol. The minimum absolute atomic E-state index is 0. The SMILES string of the molecule is CN=C(NCCCN1CCCC1C(=O)N(C)C)N1CCC(Cc2ccccc2)CC1.I. The van der Waals surface area contributed by atoms with Gasteiger partial charge in [0.15, 0.2) is 5.96 Å². The van der Waals surface area contributed by atoms with Gasteiger partial charge < -0.3 is 15.1 Å². The number of amides is 1. The molecule has 0 aliphatic carbocycles. The molecule has 1 unspecified atom stereocenters. The molecule has 2 aliphatic heterocycles. The number of likely N-dealkylation sites (N-methyl/N-ethyl adjacent to an activating group) is 1. The molecule has 1 aromatic carbocycles. The van der Waals surface area contributed by atoms with Crippen molar-refractivity contribution in [3.05, 3.63) is 35.9 Å². The highest BCUT2D eigenvalue weighted by Gasteiger charge is 2.31. The second-order valence-corrected chi connectivity index (χ2v) is 8.87. The lowest BCUT2D eigenvalue weighted by atomic mass is 9.90. The Bertz CT molecular complexity index is 688. The molecule has 2 aliphatic rings. The number of likely N-dealkylation sites (tertiary alicyclic amines) is 2. The summed E-state index contributed by atoms with van der Waals surface area (Å²) < 4.78 is 0. The molecule has 7 heteroatoms. The maximum Gasteiger partial charge on any atom is 0.239 e. The Labute approximate surface area is 205 Å². The van der Waals surface area contributed by atoms with Crippen LogP contribution in [0.25, 0.3) is 0 Å². The average Bonchev–Trinajstić information content (AvgIpc) is 3.23. The molecule has 6 nitrogen and oxygen atoms in total. The van der Waals surface area contributed by atoms with E-state index in [0.717, 1.165) is 63.9 Å². The number of carbonyl (C=O) groups excluding carboxylic acids is 1. The van der Waals surface area contributed by atoms with Crippen molar-refractivity contribution in [1.29, 1.82) is 0 Å². The summed E-state index contributed by atoms with van der Waals surface area (Å²) >= 11 is 0. The van der Waals surface area contributed by atoms with Crippen molar-refractivity contribution in [2.75, 3.05) is 53.9 Å². The van der Waals surface area contributed by atoms with Gasteiger partial charge in [0.05, 0.1) is 6.04 Å². The summed E-state index contributed by atoms with van der Waals surface area (Å²) in [7, 11) is 5.59. The number of guanidine groups is 1. The van der Waals surface area contributed by atoms with Crippen LogP contribution in [0.4, 0.5) is 0 Å². The molecule has 1 aromatic rings. The van der Waals surface area contributed by atoms with Gasteiger partial charge >= 0.3 is 0 Å². The molecule has 2 heterocycles. The smallest absolute Gasteiger partial charge is 0.239 e. The van der Waals surface area contributed by atoms with Crippen molar-refractivity contribution >= 4 is 35.8 Å². The fourth-order valence-corrected chi connectivity index (χ4v) is 4.78. The van der Waals surface area contributed by atoms with Gasteiger partial charge in [-0.2, -0.15) is 0 Å². The van der Waals surface area contributed by atoms with Gasteiger partial charge in [-0.3, -0.25) is 14.7 Å². The quantitative estimate of drug-likeness (QED) is 0.250. The molecule has 0 saturated carbocycles. The van der Waals surface area contributed by atoms with Crippen LogP contribution in [-0.2, 0) is 11.2 Å². The van der Waals surface area contributed by atoms with Gasteiger partial charge in [0.1, 0.15) is 0 Å². The molecule has 1 atom stereocenters. The fraction of sp³-hybridized carbons (Fsp3) is 0.667. The summed E-state index contributed by atoms with van der Waals surface area (Å²) in [6.07, 6.45) is 6.76. The normalized spacial score (nSPS) is 20.4. The van der Waals surface area contributed by atoms with Crippen LogP contribution in [-0.4, -0.2) is 86.5 Å². The fourth-order valence-electron chi connectivity index (χ4n) is 4.78. The predicted molar refractivity (Wildman–Crippen MR) is 139 cm³/mol. The molecule has 3 rings (SSSR count). The van der Waals surface area contributed by atoms with Crippen LogP contribution >= 0.6 is 24.0 Å². The van der Waals surface area contributed by atoms with E-state index in [0.29, 0.717) is 0 Å². The third kappa shape index (κ3) is 7.63. The Morgan fingerprint density at radius 3 is 2.48 bits per heavy atom. The zero-order valence-corrected chi connectivity index (χ0v) is 21.8. The van der Waals surface area contributed by atoms with Crippen molar-refractivity contribution in [2.45, 2.75) is 44.6 Å². The molecule has 31 heavy (non-hydrogen) atoms. The van der Waals surface area contributed by atoms with Crippen LogP contribution in [0.1, 0.15) is 37.7 Å². The van der Waals surface area contributed by atoms with Crippen LogP contribution in [0.5, 0.6) is 0 Å². The maximum absolute atomic E-state index is 12.3. The minimum Gasteiger partial charge on any atom is -0.356 e. The summed E-state index contributed by atoms with van der Waals surface area (Å²) in [5, 5.41) is 3.55. The molecule has 1 N–H and O–H groups in total. The number of benzene rings is 1. The summed E-state index contributed by atoms with van der Waals surface area (Å²) in [4.78, 5) is 23.3. The van der Waals surface area contributed by atoms with E-state index >= 15 is 0 Å². The zero-order chi connectivity index (χ0) is 21.3. The standard InChI is InChI=1S/C24H39N5O.HI/c1-25-24(26-14-8-16-28-15-7-11-22(28)23(30)27(2)3)29-17-12-21(13-18-29)19-20-9-5-4-6-10-20;/h4-6,9-10,21-22H,7-8,11-19H2,1-3H3,(H,25,26);1H. The molecule has 0 bridgehead atoms. The molecular weight excluding hydrogens is 501 g/mol. The summed E-state index contributed by atoms with van der Waals surface area (Å²) in [5.74, 6) is 2.04. The number of hydrogen-bond acceptors (Lipinski definition) is 3. The third-order valence-corrected chi connectivity index (χ3v) is 6.49. The number of rotatable bonds is 7. The number of hydrogen-bond donors (Lipinski definition) is 1. The highest BCUT2D eigenvalue weighted by Crippen LogP contribution is 2.22. The lowest BCUT2D eigenvalue weighted by Gasteiger charge is -2.34. The predicted octanol–water partition coefficient (Wildman–Crippen LogP) is 3.08. The van der Waals surface area contributed by atoms with E-state index in [1.165, 1.54) is 24.8 Å². The Balaban J connectivity index is 0.00000341. The third-order valence-electron chi connectivity index (χ3n) is 6.49. The van der Waals surface area contributed by atoms with E-state index in [-0.39, 0.29) is 35.9 Å². The Hall–Kier alpha value is -1.35. The van der Waals surface area contributed by atoms with Crippen molar-refractivity contribution < 1.29 is 4.79 Å². The van der Waals surface area contributed by atoms with Crippen molar-refractivity contribution in [1.82, 2.24) is 20.0 Å². The van der Waals surface area contributed by atoms with E-state index in [9.17, 15) is 4.79 Å². The van der Waals surface area contributed by atoms with Gasteiger partial charge in [-0.25, -0.2) is 0 Å². The second-order valence-electron chi connectivity index (χ2n) is 8.87. The number of halogens is 1. The number of piperidine rings is 1. The van der Waals surface area contributed by atoms with Gasteiger partial charge in [0.2, 0.25) is 5.91 Å². The molecule has 2 saturated heterocycles. The first-order valence-electron chi connectivity index (χ1n) is 11.5. The van der Waals surface area contributed by atoms with Crippen molar-refractivity contribution in [3.8, 4) is 0 Å². The van der Waals surface area contributed by atoms with Crippen LogP contribution in [0, 0.1) is 5.92 Å². The zero-order valence-electron chi connectivity index (χ0n) is 19.4. The molecule has 0 aromatic heterocycles. The Kier molecular flexibility index (Phi) is 11.1. The van der Waals surface area contributed by atoms with Crippen LogP contribution in [0.15, 0.2) is 35.3 Å². The summed E-state index contributed by atoms with van der Waals surface area (Å²) in [6, 6.07) is 10.9. The highest BCUT2D eigenvalue weighted by atomic mass is 127. The number of nitrogens with one attached hydrogen (secondary N) is 1. The molecule has 0 spiro atoms. The lowest BCUT2D eigenvalue weighted by Crippen LogP contribution is -2.47. The van der Waals surface area contributed by atoms with Crippen LogP contribution < -0.4 is 5.32 Å². The van der Waals surface area contributed by atoms with Gasteiger partial charge in [0, 0.05) is 47.3 Å². The van der Waals surface area contributed by atoms with E-state index in [2.05, 4.69) is 50.4 Å². The summed E-state index contributed by atoms with van der Waals surface area (Å²) in [6.45, 7) is 5.04. The van der Waals surface area contributed by atoms with E-state index in [4.69, 9.17) is 0 Å². The maximum atomic E-state index is 12.3. The van der Waals surface area contributed by atoms with E-state index in [1.54, 1.807) is 4.90 Å². The van der Waals surface area contributed by atoms with E-state index in [1.807, 2.05) is 21.1 Å². The van der Waals surface area contributed by atoms with Crippen LogP contribution in [0.2, 0.25) is 0 Å². The molecular formula is C24H40IN5O. The van der Waals surface area contributed by atoms with Crippen LogP contribution in [0.3, 0.4) is 0 Å². The number of carbonyl (C=O) groups is 1. The monoisotopic (exact) mass is 541 g/mol. The number of aliphatic imine (C=N–C) groups is 1. The Morgan fingerprint density at radius 2 is 1.84 bits per heavy atom. The first kappa shape index (κ1) is 25.9. The first-order chi connectivity index (χ1) is 14.6. The largest absolute Gasteiger partial charge is 0.356 e. The Morgan fingerprint density at radius 1 is 1.13 bits per heavy atom. The molecule has 2 fully saturated rings. The number of nitrogens with zero attached hydrogens (tertiary/aromatic N) is 4. The minimum atomic E-state index is 0. The van der Waals surface area contributed by atoms with Gasteiger partial charge in [-0.05, 0) is 56.6 Å². The highest BCUT2D eigenvalue weighted by molar-refractivity contribution is 14.0. The van der Waals surface area contributed by atoms with Gasteiger partial charge in [-0.1, -0.05) is 30.3 Å². The topological polar surface area (TPSA) is 51.2 Å². The molecule has 0 radical (unpaired) electrons. The molecule has 1 amide bonds. The van der Waals surface area contributed by atoms with Gasteiger partial charge in [0.25, 0.3) is 0 Å². The second kappa shape index (κ2) is 13.3. The van der Waals surface area contributed by atoms with Crippen molar-refractivity contribution in [3.63, 3.8) is 0 Å². The van der Waals surface area contributed by atoms with E-state index < -0.39 is 0 Å². The lowest BCUT2D eigenvalue weighted by molar-refractivity contribution is -0.133. The first-order valence-corrected chi connectivity index (χ1v) is 11.5. The van der Waals surface area contributed by atoms with Gasteiger partial charge in [-0.15, -0.1) is 24.0 Å². The summed E-state index contributed by atoms with van der Waals surface area (Å²) in [5.41, 5.74) is 1.45. The van der Waals surface area contributed by atoms with Crippen molar-refractivity contribution in [2.24, 2.45) is 10.9 Å². The molecule has 174 valence electrons.